The predicted molar refractivity (Wildman–Crippen MR) is 73.0 cm³/mol. The van der Waals surface area contributed by atoms with Gasteiger partial charge in [-0.05, 0) is 29.8 Å². The van der Waals surface area contributed by atoms with Gasteiger partial charge in [0.15, 0.2) is 0 Å². The maximum atomic E-state index is 11.7. The van der Waals surface area contributed by atoms with E-state index in [1.807, 2.05) is 12.1 Å². The molecule has 0 aliphatic heterocycles. The van der Waals surface area contributed by atoms with Crippen molar-refractivity contribution in [2.24, 2.45) is 0 Å². The van der Waals surface area contributed by atoms with Crippen LogP contribution in [-0.4, -0.2) is 11.0 Å². The van der Waals surface area contributed by atoms with Gasteiger partial charge in [-0.25, -0.2) is 0 Å². The van der Waals surface area contributed by atoms with Gasteiger partial charge >= 0.3 is 0 Å². The first-order valence-corrected chi connectivity index (χ1v) is 6.62. The van der Waals surface area contributed by atoms with Crippen LogP contribution in [0.1, 0.15) is 10.4 Å². The molecular weight excluding hydrogens is 270 g/mol. The van der Waals surface area contributed by atoms with Crippen molar-refractivity contribution < 1.29 is 9.90 Å². The quantitative estimate of drug-likeness (QED) is 0.905. The number of hydrogen-bond donors (Lipinski definition) is 2. The number of carbonyl (C=O) groups is 1. The molecule has 0 atom stereocenters. The Morgan fingerprint density at radius 2 is 2.17 bits per heavy atom. The van der Waals surface area contributed by atoms with E-state index in [1.54, 1.807) is 24.3 Å². The maximum absolute atomic E-state index is 11.7. The summed E-state index contributed by atoms with van der Waals surface area (Å²) in [5.74, 6) is 0.0930. The fourth-order valence-corrected chi connectivity index (χ4v) is 2.57. The van der Waals surface area contributed by atoms with E-state index in [-0.39, 0.29) is 18.1 Å². The SMILES string of the molecule is O=C(Cc1cccc(O)c1)NCc1ccc(Cl)s1. The number of phenolic OH excluding ortho intramolecular Hbond substituents is 1. The molecule has 0 saturated heterocycles. The van der Waals surface area contributed by atoms with Gasteiger partial charge in [0.25, 0.3) is 0 Å². The van der Waals surface area contributed by atoms with Crippen LogP contribution in [0.15, 0.2) is 36.4 Å². The highest BCUT2D eigenvalue weighted by molar-refractivity contribution is 7.16. The largest absolute Gasteiger partial charge is 0.508 e. The summed E-state index contributed by atoms with van der Waals surface area (Å²) in [6.45, 7) is 0.481. The molecule has 1 aromatic carbocycles. The number of rotatable bonds is 4. The Labute approximate surface area is 114 Å². The first-order valence-electron chi connectivity index (χ1n) is 5.42. The molecule has 0 bridgehead atoms. The van der Waals surface area contributed by atoms with Crippen LogP contribution in [0.3, 0.4) is 0 Å². The number of nitrogens with one attached hydrogen (secondary N) is 1. The summed E-state index contributed by atoms with van der Waals surface area (Å²) in [6, 6.07) is 10.4. The zero-order valence-corrected chi connectivity index (χ0v) is 11.1. The summed E-state index contributed by atoms with van der Waals surface area (Å²) in [5, 5.41) is 12.1. The third kappa shape index (κ3) is 3.75. The van der Waals surface area contributed by atoms with Crippen molar-refractivity contribution in [2.45, 2.75) is 13.0 Å². The highest BCUT2D eigenvalue weighted by Gasteiger charge is 2.05. The number of amides is 1. The minimum absolute atomic E-state index is 0.0786. The maximum Gasteiger partial charge on any atom is 0.224 e. The lowest BCUT2D eigenvalue weighted by molar-refractivity contribution is -0.120. The van der Waals surface area contributed by atoms with E-state index in [1.165, 1.54) is 11.3 Å². The van der Waals surface area contributed by atoms with Crippen LogP contribution < -0.4 is 5.32 Å². The van der Waals surface area contributed by atoms with Crippen molar-refractivity contribution in [1.29, 1.82) is 0 Å². The normalized spacial score (nSPS) is 10.3. The Balaban J connectivity index is 1.85. The van der Waals surface area contributed by atoms with E-state index in [4.69, 9.17) is 11.6 Å². The van der Waals surface area contributed by atoms with E-state index in [0.717, 1.165) is 10.4 Å². The van der Waals surface area contributed by atoms with Crippen molar-refractivity contribution in [2.75, 3.05) is 0 Å². The Bertz CT molecular complexity index is 553. The van der Waals surface area contributed by atoms with Crippen LogP contribution in [0.4, 0.5) is 0 Å². The van der Waals surface area contributed by atoms with Crippen LogP contribution >= 0.6 is 22.9 Å². The summed E-state index contributed by atoms with van der Waals surface area (Å²) >= 11 is 7.25. The van der Waals surface area contributed by atoms with Crippen molar-refractivity contribution in [1.82, 2.24) is 5.32 Å². The van der Waals surface area contributed by atoms with E-state index >= 15 is 0 Å². The van der Waals surface area contributed by atoms with Gasteiger partial charge in [-0.1, -0.05) is 23.7 Å². The molecule has 0 aliphatic rings. The highest BCUT2D eigenvalue weighted by Crippen LogP contribution is 2.21. The van der Waals surface area contributed by atoms with Crippen LogP contribution in [0, 0.1) is 0 Å². The molecule has 2 rings (SSSR count). The van der Waals surface area contributed by atoms with Crippen molar-refractivity contribution in [3.05, 3.63) is 51.2 Å². The number of thiophene rings is 1. The van der Waals surface area contributed by atoms with Gasteiger partial charge in [0.05, 0.1) is 17.3 Å². The zero-order chi connectivity index (χ0) is 13.0. The van der Waals surface area contributed by atoms with Gasteiger partial charge in [0, 0.05) is 4.88 Å². The molecular formula is C13H12ClNO2S. The lowest BCUT2D eigenvalue weighted by Crippen LogP contribution is -2.24. The molecule has 2 N–H and O–H groups in total. The fourth-order valence-electron chi connectivity index (χ4n) is 1.55. The second kappa shape index (κ2) is 5.89. The second-order valence-electron chi connectivity index (χ2n) is 3.83. The number of benzene rings is 1. The summed E-state index contributed by atoms with van der Waals surface area (Å²) in [4.78, 5) is 12.7. The van der Waals surface area contributed by atoms with E-state index in [9.17, 15) is 9.90 Å². The third-order valence-electron chi connectivity index (χ3n) is 2.36. The number of phenols is 1. The van der Waals surface area contributed by atoms with E-state index in [0.29, 0.717) is 10.9 Å². The van der Waals surface area contributed by atoms with E-state index in [2.05, 4.69) is 5.32 Å². The van der Waals surface area contributed by atoms with Gasteiger partial charge in [0.2, 0.25) is 5.91 Å². The van der Waals surface area contributed by atoms with Gasteiger partial charge in [-0.3, -0.25) is 4.79 Å². The Kier molecular flexibility index (Phi) is 4.23. The predicted octanol–water partition coefficient (Wildman–Crippen LogP) is 2.97. The molecule has 18 heavy (non-hydrogen) atoms. The summed E-state index contributed by atoms with van der Waals surface area (Å²) in [6.07, 6.45) is 0.257. The summed E-state index contributed by atoms with van der Waals surface area (Å²) in [7, 11) is 0. The van der Waals surface area contributed by atoms with Crippen LogP contribution in [0.5, 0.6) is 5.75 Å². The van der Waals surface area contributed by atoms with Crippen LogP contribution in [0.25, 0.3) is 0 Å². The lowest BCUT2D eigenvalue weighted by atomic mass is 10.1. The van der Waals surface area contributed by atoms with E-state index < -0.39 is 0 Å². The van der Waals surface area contributed by atoms with Gasteiger partial charge < -0.3 is 10.4 Å². The average Bonchev–Trinajstić information content (AvgIpc) is 2.73. The minimum Gasteiger partial charge on any atom is -0.508 e. The molecule has 0 aliphatic carbocycles. The summed E-state index contributed by atoms with van der Waals surface area (Å²) in [5.41, 5.74) is 0.789. The molecule has 1 aromatic heterocycles. The van der Waals surface area contributed by atoms with Crippen molar-refractivity contribution in [3.63, 3.8) is 0 Å². The highest BCUT2D eigenvalue weighted by atomic mass is 35.5. The molecule has 0 fully saturated rings. The molecule has 3 nitrogen and oxygen atoms in total. The average molecular weight is 282 g/mol. The van der Waals surface area contributed by atoms with Crippen molar-refractivity contribution >= 4 is 28.8 Å². The monoisotopic (exact) mass is 281 g/mol. The number of halogens is 1. The fraction of sp³-hybridized carbons (Fsp3) is 0.154. The smallest absolute Gasteiger partial charge is 0.224 e. The Morgan fingerprint density at radius 1 is 1.33 bits per heavy atom. The van der Waals surface area contributed by atoms with Gasteiger partial charge in [-0.2, -0.15) is 0 Å². The first-order chi connectivity index (χ1) is 8.63. The standard InChI is InChI=1S/C13H12ClNO2S/c14-12-5-4-11(18-12)8-15-13(17)7-9-2-1-3-10(16)6-9/h1-6,16H,7-8H2,(H,15,17). The number of carbonyl (C=O) groups excluding carboxylic acids is 1. The Hall–Kier alpha value is -1.52. The molecule has 1 amide bonds. The molecule has 0 saturated carbocycles. The molecule has 0 spiro atoms. The molecule has 0 radical (unpaired) electrons. The molecule has 5 heteroatoms. The molecule has 1 heterocycles. The number of hydrogen-bond acceptors (Lipinski definition) is 3. The number of aromatic hydroxyl groups is 1. The van der Waals surface area contributed by atoms with Gasteiger partial charge in [-0.15, -0.1) is 11.3 Å². The molecule has 0 unspecified atom stereocenters. The van der Waals surface area contributed by atoms with Crippen LogP contribution in [0.2, 0.25) is 4.34 Å². The molecule has 2 aromatic rings. The summed E-state index contributed by atoms with van der Waals surface area (Å²) < 4.78 is 0.715. The van der Waals surface area contributed by atoms with Gasteiger partial charge in [0.1, 0.15) is 5.75 Å². The lowest BCUT2D eigenvalue weighted by Gasteiger charge is -2.04. The topological polar surface area (TPSA) is 49.3 Å². The Morgan fingerprint density at radius 3 is 2.83 bits per heavy atom. The zero-order valence-electron chi connectivity index (χ0n) is 9.52. The second-order valence-corrected chi connectivity index (χ2v) is 5.63. The van der Waals surface area contributed by atoms with Crippen molar-refractivity contribution in [3.8, 4) is 5.75 Å². The third-order valence-corrected chi connectivity index (χ3v) is 3.60. The first kappa shape index (κ1) is 12.9. The van der Waals surface area contributed by atoms with Crippen LogP contribution in [-0.2, 0) is 17.8 Å². The minimum atomic E-state index is -0.0786. The molecule has 94 valence electrons.